The van der Waals surface area contributed by atoms with Gasteiger partial charge in [-0.25, -0.2) is 0 Å². The number of amides is 1. The number of nitrogens with one attached hydrogen (secondary N) is 3. The monoisotopic (exact) mass is 547 g/mol. The molecule has 2 atom stereocenters. The largest absolute Gasteiger partial charge is 0.497 e. The molecule has 1 amide bonds. The topological polar surface area (TPSA) is 91.9 Å². The molecule has 3 rings (SSSR count). The molecule has 3 aromatic carbocycles. The second-order valence-corrected chi connectivity index (χ2v) is 10.5. The van der Waals surface area contributed by atoms with Crippen LogP contribution in [0.2, 0.25) is 0 Å². The predicted molar refractivity (Wildman–Crippen MR) is 162 cm³/mol. The van der Waals surface area contributed by atoms with Crippen molar-refractivity contribution < 1.29 is 19.4 Å². The van der Waals surface area contributed by atoms with Crippen molar-refractivity contribution in [3.05, 3.63) is 94.5 Å². The Morgan fingerprint density at radius 2 is 1.73 bits per heavy atom. The number of ether oxygens (including phenoxy) is 2. The molecule has 216 valence electrons. The van der Waals surface area contributed by atoms with Gasteiger partial charge in [-0.3, -0.25) is 4.79 Å². The van der Waals surface area contributed by atoms with Gasteiger partial charge >= 0.3 is 0 Å². The summed E-state index contributed by atoms with van der Waals surface area (Å²) in [7, 11) is 3.26. The van der Waals surface area contributed by atoms with E-state index in [1.807, 2.05) is 42.5 Å². The van der Waals surface area contributed by atoms with Crippen LogP contribution in [0.5, 0.6) is 5.75 Å². The lowest BCUT2D eigenvalue weighted by Crippen LogP contribution is -2.48. The Kier molecular flexibility index (Phi) is 12.5. The highest BCUT2D eigenvalue weighted by Crippen LogP contribution is 2.19. The van der Waals surface area contributed by atoms with Gasteiger partial charge in [0.05, 0.1) is 25.9 Å². The van der Waals surface area contributed by atoms with Gasteiger partial charge in [0.25, 0.3) is 5.91 Å². The zero-order chi connectivity index (χ0) is 28.9. The minimum absolute atomic E-state index is 0.242. The van der Waals surface area contributed by atoms with E-state index in [0.29, 0.717) is 37.6 Å². The number of benzene rings is 3. The fourth-order valence-corrected chi connectivity index (χ4v) is 4.60. The average molecular weight is 548 g/mol. The van der Waals surface area contributed by atoms with Crippen LogP contribution in [-0.2, 0) is 24.3 Å². The summed E-state index contributed by atoms with van der Waals surface area (Å²) in [6, 6.07) is 21.3. The molecule has 0 aliphatic rings. The van der Waals surface area contributed by atoms with Crippen LogP contribution in [0, 0.1) is 0 Å². The summed E-state index contributed by atoms with van der Waals surface area (Å²) in [4.78, 5) is 13.5. The number of methoxy groups -OCH3 is 2. The molecule has 3 aromatic rings. The Balaban J connectivity index is 1.77. The Morgan fingerprint density at radius 1 is 0.950 bits per heavy atom. The minimum Gasteiger partial charge on any atom is -0.497 e. The van der Waals surface area contributed by atoms with Crippen LogP contribution in [0.1, 0.15) is 65.7 Å². The highest BCUT2D eigenvalue weighted by molar-refractivity contribution is 5.95. The Labute approximate surface area is 239 Å². The first-order valence-corrected chi connectivity index (χ1v) is 14.1. The van der Waals surface area contributed by atoms with Crippen molar-refractivity contribution in [2.45, 2.75) is 64.8 Å². The highest BCUT2D eigenvalue weighted by atomic mass is 16.5. The van der Waals surface area contributed by atoms with Gasteiger partial charge < -0.3 is 30.5 Å². The smallest absolute Gasteiger partial charge is 0.251 e. The second kappa shape index (κ2) is 16.0. The second-order valence-electron chi connectivity index (χ2n) is 10.5. The summed E-state index contributed by atoms with van der Waals surface area (Å²) in [6.07, 6.45) is 0.607. The van der Waals surface area contributed by atoms with Crippen LogP contribution >= 0.6 is 0 Å². The van der Waals surface area contributed by atoms with Crippen LogP contribution in [0.3, 0.4) is 0 Å². The minimum atomic E-state index is -0.816. The lowest BCUT2D eigenvalue weighted by molar-refractivity contribution is 0.0829. The van der Waals surface area contributed by atoms with Crippen LogP contribution in [0.15, 0.2) is 66.7 Å². The Morgan fingerprint density at radius 3 is 2.45 bits per heavy atom. The van der Waals surface area contributed by atoms with Crippen LogP contribution < -0.4 is 20.7 Å². The van der Waals surface area contributed by atoms with Crippen molar-refractivity contribution in [1.82, 2.24) is 10.6 Å². The molecule has 0 radical (unpaired) electrons. The standard InChI is InChI=1S/C33H45N3O4/c1-6-13-35-29-16-26(22-39-4)15-28(19-29)33(38)36-31(18-24-9-8-12-30(17-24)40-5)32(37)21-34-20-25-10-7-11-27(14-25)23(2)3/h7-12,14-17,19,23,31-32,34-35,37H,6,13,18,20-22H2,1-5H3,(H,36,38)/t31-,32+/m0/s1. The third kappa shape index (κ3) is 9.66. The van der Waals surface area contributed by atoms with E-state index in [1.54, 1.807) is 14.2 Å². The number of aliphatic hydroxyl groups is 1. The predicted octanol–water partition coefficient (Wildman–Crippen LogP) is 5.28. The maximum Gasteiger partial charge on any atom is 0.251 e. The van der Waals surface area contributed by atoms with E-state index in [2.05, 4.69) is 61.0 Å². The molecule has 7 heteroatoms. The number of anilines is 1. The zero-order valence-corrected chi connectivity index (χ0v) is 24.5. The van der Waals surface area contributed by atoms with E-state index in [4.69, 9.17) is 9.47 Å². The highest BCUT2D eigenvalue weighted by Gasteiger charge is 2.23. The van der Waals surface area contributed by atoms with E-state index in [-0.39, 0.29) is 5.91 Å². The first-order valence-electron chi connectivity index (χ1n) is 14.1. The number of carbonyl (C=O) groups excluding carboxylic acids is 1. The van der Waals surface area contributed by atoms with E-state index in [9.17, 15) is 9.90 Å². The summed E-state index contributed by atoms with van der Waals surface area (Å²) >= 11 is 0. The first kappa shape index (κ1) is 31.1. The number of hydrogen-bond acceptors (Lipinski definition) is 6. The molecule has 0 aliphatic heterocycles. The summed E-state index contributed by atoms with van der Waals surface area (Å²) in [6.45, 7) is 8.61. The van der Waals surface area contributed by atoms with Gasteiger partial charge in [0, 0.05) is 38.0 Å². The summed E-state index contributed by atoms with van der Waals surface area (Å²) in [5.41, 5.74) is 5.71. The van der Waals surface area contributed by atoms with Crippen molar-refractivity contribution >= 4 is 11.6 Å². The molecular formula is C33H45N3O4. The molecule has 0 unspecified atom stereocenters. The third-order valence-electron chi connectivity index (χ3n) is 6.82. The van der Waals surface area contributed by atoms with Gasteiger partial charge in [-0.1, -0.05) is 57.2 Å². The van der Waals surface area contributed by atoms with Crippen molar-refractivity contribution in [2.24, 2.45) is 0 Å². The molecule has 0 bridgehead atoms. The van der Waals surface area contributed by atoms with E-state index in [1.165, 1.54) is 5.56 Å². The Hall–Kier alpha value is -3.39. The Bertz CT molecular complexity index is 1210. The van der Waals surface area contributed by atoms with Gasteiger partial charge in [-0.05, 0) is 71.3 Å². The molecule has 40 heavy (non-hydrogen) atoms. The molecule has 0 heterocycles. The van der Waals surface area contributed by atoms with E-state index >= 15 is 0 Å². The molecular weight excluding hydrogens is 502 g/mol. The van der Waals surface area contributed by atoms with Gasteiger partial charge in [-0.2, -0.15) is 0 Å². The van der Waals surface area contributed by atoms with Gasteiger partial charge in [0.1, 0.15) is 5.75 Å². The molecule has 0 saturated carbocycles. The lowest BCUT2D eigenvalue weighted by atomic mass is 9.99. The molecule has 0 spiro atoms. The fourth-order valence-electron chi connectivity index (χ4n) is 4.60. The zero-order valence-electron chi connectivity index (χ0n) is 24.5. The maximum atomic E-state index is 13.5. The first-order chi connectivity index (χ1) is 19.3. The number of rotatable bonds is 16. The van der Waals surface area contributed by atoms with Gasteiger partial charge in [0.2, 0.25) is 0 Å². The summed E-state index contributed by atoms with van der Waals surface area (Å²) in [5, 5.41) is 21.1. The number of carbonyl (C=O) groups is 1. The molecule has 0 fully saturated rings. The lowest BCUT2D eigenvalue weighted by Gasteiger charge is -2.25. The van der Waals surface area contributed by atoms with Crippen LogP contribution in [0.25, 0.3) is 0 Å². The molecule has 4 N–H and O–H groups in total. The molecule has 0 aliphatic carbocycles. The number of hydrogen-bond donors (Lipinski definition) is 4. The third-order valence-corrected chi connectivity index (χ3v) is 6.82. The van der Waals surface area contributed by atoms with Gasteiger partial charge in [0.15, 0.2) is 0 Å². The molecule has 7 nitrogen and oxygen atoms in total. The van der Waals surface area contributed by atoms with Crippen LogP contribution in [0.4, 0.5) is 5.69 Å². The van der Waals surface area contributed by atoms with E-state index < -0.39 is 12.1 Å². The maximum absolute atomic E-state index is 13.5. The van der Waals surface area contributed by atoms with Crippen molar-refractivity contribution in [1.29, 1.82) is 0 Å². The average Bonchev–Trinajstić information content (AvgIpc) is 2.96. The van der Waals surface area contributed by atoms with E-state index in [0.717, 1.165) is 41.1 Å². The van der Waals surface area contributed by atoms with Gasteiger partial charge in [-0.15, -0.1) is 0 Å². The van der Waals surface area contributed by atoms with Crippen molar-refractivity contribution in [2.75, 3.05) is 32.6 Å². The van der Waals surface area contributed by atoms with Crippen LogP contribution in [-0.4, -0.2) is 50.5 Å². The SMILES string of the molecule is CCCNc1cc(COC)cc(C(=O)N[C@@H](Cc2cccc(OC)c2)[C@H](O)CNCc2cccc(C(C)C)c2)c1. The summed E-state index contributed by atoms with van der Waals surface area (Å²) in [5.74, 6) is 0.946. The van der Waals surface area contributed by atoms with Crippen molar-refractivity contribution in [3.63, 3.8) is 0 Å². The molecule has 0 aromatic heterocycles. The molecule has 0 saturated heterocycles. The fraction of sp³-hybridized carbons (Fsp3) is 0.424. The summed E-state index contributed by atoms with van der Waals surface area (Å²) < 4.78 is 10.7. The van der Waals surface area contributed by atoms with Crippen molar-refractivity contribution in [3.8, 4) is 5.75 Å². The normalized spacial score (nSPS) is 12.7. The number of aliphatic hydroxyl groups excluding tert-OH is 1. The quantitative estimate of drug-likeness (QED) is 0.195.